The second kappa shape index (κ2) is 6.38. The van der Waals surface area contributed by atoms with E-state index in [1.807, 2.05) is 4.90 Å². The molecule has 1 amide bonds. The number of rotatable bonds is 2. The van der Waals surface area contributed by atoms with Crippen LogP contribution in [0.15, 0.2) is 0 Å². The van der Waals surface area contributed by atoms with Gasteiger partial charge in [-0.15, -0.1) is 0 Å². The van der Waals surface area contributed by atoms with Gasteiger partial charge in [-0.1, -0.05) is 32.6 Å². The molecule has 1 heterocycles. The minimum Gasteiger partial charge on any atom is -0.375 e. The minimum absolute atomic E-state index is 0.0543. The van der Waals surface area contributed by atoms with E-state index in [0.29, 0.717) is 19.7 Å². The van der Waals surface area contributed by atoms with E-state index in [1.54, 1.807) is 0 Å². The van der Waals surface area contributed by atoms with Crippen LogP contribution in [0.25, 0.3) is 0 Å². The molecule has 0 bridgehead atoms. The molecule has 2 rings (SSSR count). The smallest absolute Gasteiger partial charge is 0.243 e. The van der Waals surface area contributed by atoms with E-state index in [0.717, 1.165) is 44.9 Å². The number of ether oxygens (including phenoxy) is 1. The van der Waals surface area contributed by atoms with Gasteiger partial charge in [-0.2, -0.15) is 5.26 Å². The van der Waals surface area contributed by atoms with Crippen molar-refractivity contribution in [2.45, 2.75) is 58.0 Å². The molecule has 1 unspecified atom stereocenters. The molecular weight excluding hydrogens is 240 g/mol. The second-order valence-electron chi connectivity index (χ2n) is 5.76. The third-order valence-electron chi connectivity index (χ3n) is 4.46. The zero-order chi connectivity index (χ0) is 13.7. The summed E-state index contributed by atoms with van der Waals surface area (Å²) in [6.45, 7) is 3.97. The Morgan fingerprint density at radius 2 is 2.05 bits per heavy atom. The fourth-order valence-electron chi connectivity index (χ4n) is 3.16. The molecule has 0 spiro atoms. The molecule has 19 heavy (non-hydrogen) atoms. The number of carbonyl (C=O) groups is 1. The van der Waals surface area contributed by atoms with E-state index in [-0.39, 0.29) is 12.0 Å². The van der Waals surface area contributed by atoms with Crippen LogP contribution >= 0.6 is 0 Å². The lowest BCUT2D eigenvalue weighted by Gasteiger charge is -2.37. The highest BCUT2D eigenvalue weighted by molar-refractivity contribution is 5.85. The van der Waals surface area contributed by atoms with Crippen molar-refractivity contribution in [2.75, 3.05) is 19.7 Å². The van der Waals surface area contributed by atoms with Gasteiger partial charge in [-0.05, 0) is 19.3 Å². The van der Waals surface area contributed by atoms with Crippen LogP contribution in [0.1, 0.15) is 51.9 Å². The predicted molar refractivity (Wildman–Crippen MR) is 72.4 cm³/mol. The zero-order valence-electron chi connectivity index (χ0n) is 11.9. The van der Waals surface area contributed by atoms with Crippen LogP contribution in [0.4, 0.5) is 0 Å². The molecule has 0 aromatic carbocycles. The highest BCUT2D eigenvalue weighted by Gasteiger charge is 2.42. The van der Waals surface area contributed by atoms with Crippen LogP contribution in [-0.4, -0.2) is 36.6 Å². The minimum atomic E-state index is -0.758. The normalized spacial score (nSPS) is 27.4. The van der Waals surface area contributed by atoms with Crippen molar-refractivity contribution in [3.05, 3.63) is 0 Å². The number of hydrogen-bond donors (Lipinski definition) is 0. The van der Waals surface area contributed by atoms with Gasteiger partial charge < -0.3 is 9.64 Å². The van der Waals surface area contributed by atoms with Gasteiger partial charge in [0.05, 0.1) is 18.8 Å². The lowest BCUT2D eigenvalue weighted by atomic mass is 9.80. The average molecular weight is 264 g/mol. The molecule has 106 valence electrons. The quantitative estimate of drug-likeness (QED) is 0.720. The van der Waals surface area contributed by atoms with E-state index in [1.165, 1.54) is 0 Å². The van der Waals surface area contributed by atoms with Gasteiger partial charge in [0.2, 0.25) is 5.91 Å². The lowest BCUT2D eigenvalue weighted by molar-refractivity contribution is -0.147. The Morgan fingerprint density at radius 1 is 1.37 bits per heavy atom. The van der Waals surface area contributed by atoms with Crippen molar-refractivity contribution in [3.8, 4) is 6.07 Å². The highest BCUT2D eigenvalue weighted by Crippen LogP contribution is 2.36. The maximum absolute atomic E-state index is 12.8. The molecule has 0 aromatic heterocycles. The predicted octanol–water partition coefficient (Wildman–Crippen LogP) is 2.49. The van der Waals surface area contributed by atoms with Gasteiger partial charge in [0, 0.05) is 13.1 Å². The molecule has 1 saturated heterocycles. The van der Waals surface area contributed by atoms with Crippen molar-refractivity contribution in [1.82, 2.24) is 4.90 Å². The van der Waals surface area contributed by atoms with E-state index in [4.69, 9.17) is 4.74 Å². The summed E-state index contributed by atoms with van der Waals surface area (Å²) >= 11 is 0. The second-order valence-corrected chi connectivity index (χ2v) is 5.76. The lowest BCUT2D eigenvalue weighted by Crippen LogP contribution is -2.51. The van der Waals surface area contributed by atoms with Crippen molar-refractivity contribution < 1.29 is 9.53 Å². The van der Waals surface area contributed by atoms with Crippen molar-refractivity contribution in [1.29, 1.82) is 5.26 Å². The van der Waals surface area contributed by atoms with E-state index >= 15 is 0 Å². The summed E-state index contributed by atoms with van der Waals surface area (Å²) in [5.74, 6) is 0.0543. The van der Waals surface area contributed by atoms with E-state index < -0.39 is 5.41 Å². The first-order chi connectivity index (χ1) is 9.22. The Hall–Kier alpha value is -1.08. The van der Waals surface area contributed by atoms with Crippen LogP contribution in [0.3, 0.4) is 0 Å². The summed E-state index contributed by atoms with van der Waals surface area (Å²) in [5, 5.41) is 9.56. The maximum Gasteiger partial charge on any atom is 0.243 e. The van der Waals surface area contributed by atoms with Gasteiger partial charge in [-0.25, -0.2) is 0 Å². The Labute approximate surface area is 115 Å². The van der Waals surface area contributed by atoms with Gasteiger partial charge in [-0.3, -0.25) is 4.79 Å². The monoisotopic (exact) mass is 264 g/mol. The largest absolute Gasteiger partial charge is 0.375 e. The Bertz CT molecular complexity index is 354. The molecule has 1 atom stereocenters. The van der Waals surface area contributed by atoms with Gasteiger partial charge in [0.1, 0.15) is 5.41 Å². The Morgan fingerprint density at radius 3 is 2.63 bits per heavy atom. The Kier molecular flexibility index (Phi) is 4.81. The number of amides is 1. The molecule has 0 aromatic rings. The van der Waals surface area contributed by atoms with E-state index in [2.05, 4.69) is 13.0 Å². The molecule has 1 saturated carbocycles. The summed E-state index contributed by atoms with van der Waals surface area (Å²) < 4.78 is 5.61. The van der Waals surface area contributed by atoms with Gasteiger partial charge in [0.25, 0.3) is 0 Å². The van der Waals surface area contributed by atoms with Crippen LogP contribution in [0.2, 0.25) is 0 Å². The van der Waals surface area contributed by atoms with Crippen molar-refractivity contribution in [2.24, 2.45) is 5.41 Å². The number of carbonyl (C=O) groups excluding carboxylic acids is 1. The van der Waals surface area contributed by atoms with Crippen LogP contribution in [0, 0.1) is 16.7 Å². The molecule has 4 heteroatoms. The van der Waals surface area contributed by atoms with E-state index in [9.17, 15) is 10.1 Å². The van der Waals surface area contributed by atoms with Crippen LogP contribution in [0.5, 0.6) is 0 Å². The molecule has 2 fully saturated rings. The zero-order valence-corrected chi connectivity index (χ0v) is 11.9. The molecule has 0 radical (unpaired) electrons. The summed E-state index contributed by atoms with van der Waals surface area (Å²) in [6.07, 6.45) is 6.83. The first kappa shape index (κ1) is 14.3. The number of nitriles is 1. The molecule has 2 aliphatic rings. The average Bonchev–Trinajstić information content (AvgIpc) is 2.73. The fraction of sp³-hybridized carbons (Fsp3) is 0.867. The third-order valence-corrected chi connectivity index (χ3v) is 4.46. The number of nitrogens with zero attached hydrogens (tertiary/aromatic N) is 2. The maximum atomic E-state index is 12.8. The molecule has 1 aliphatic carbocycles. The highest BCUT2D eigenvalue weighted by atomic mass is 16.5. The molecule has 1 aliphatic heterocycles. The first-order valence-electron chi connectivity index (χ1n) is 7.54. The molecular formula is C15H24N2O2. The van der Waals surface area contributed by atoms with Crippen molar-refractivity contribution in [3.63, 3.8) is 0 Å². The summed E-state index contributed by atoms with van der Waals surface area (Å²) in [5.41, 5.74) is -0.758. The summed E-state index contributed by atoms with van der Waals surface area (Å²) in [6, 6.07) is 2.36. The Balaban J connectivity index is 2.09. The molecule has 0 N–H and O–H groups in total. The SMILES string of the molecule is CCC1CN(C(=O)C2(C#N)CCCCCC2)CCO1. The van der Waals surface area contributed by atoms with Crippen LogP contribution in [-0.2, 0) is 9.53 Å². The number of morpholine rings is 1. The fourth-order valence-corrected chi connectivity index (χ4v) is 3.16. The number of hydrogen-bond acceptors (Lipinski definition) is 3. The van der Waals surface area contributed by atoms with Gasteiger partial charge in [0.15, 0.2) is 0 Å². The summed E-state index contributed by atoms with van der Waals surface area (Å²) in [4.78, 5) is 14.6. The third kappa shape index (κ3) is 3.09. The van der Waals surface area contributed by atoms with Crippen molar-refractivity contribution >= 4 is 5.91 Å². The summed E-state index contributed by atoms with van der Waals surface area (Å²) in [7, 11) is 0. The standard InChI is InChI=1S/C15H24N2O2/c1-2-13-11-17(9-10-19-13)14(18)15(12-16)7-5-3-4-6-8-15/h13H,2-11H2,1H3. The first-order valence-corrected chi connectivity index (χ1v) is 7.54. The topological polar surface area (TPSA) is 53.3 Å². The van der Waals surface area contributed by atoms with Gasteiger partial charge >= 0.3 is 0 Å². The van der Waals surface area contributed by atoms with Crippen LogP contribution < -0.4 is 0 Å². The molecule has 4 nitrogen and oxygen atoms in total.